The SMILES string of the molecule is Cc1ncc(-c2cnc(O[C@H](C)c3ccccc3)c(F)c2)c(N2CCC(C)(C)CC2)c1CC(=O)OCC(C)(C)O. The maximum absolute atomic E-state index is 15.4. The molecule has 7 nitrogen and oxygen atoms in total. The van der Waals surface area contributed by atoms with Gasteiger partial charge in [-0.25, -0.2) is 9.37 Å². The van der Waals surface area contributed by atoms with Gasteiger partial charge in [-0.15, -0.1) is 0 Å². The lowest BCUT2D eigenvalue weighted by Crippen LogP contribution is -2.38. The van der Waals surface area contributed by atoms with E-state index in [4.69, 9.17) is 9.47 Å². The maximum Gasteiger partial charge on any atom is 0.310 e. The van der Waals surface area contributed by atoms with Crippen LogP contribution in [0, 0.1) is 18.2 Å². The van der Waals surface area contributed by atoms with E-state index in [9.17, 15) is 9.90 Å². The van der Waals surface area contributed by atoms with Gasteiger partial charge in [0.1, 0.15) is 12.7 Å². The number of anilines is 1. The average Bonchev–Trinajstić information content (AvgIpc) is 2.90. The number of carbonyl (C=O) groups excluding carboxylic acids is 1. The van der Waals surface area contributed by atoms with Crippen molar-refractivity contribution in [1.29, 1.82) is 0 Å². The van der Waals surface area contributed by atoms with Gasteiger partial charge in [0, 0.05) is 47.9 Å². The molecule has 0 unspecified atom stereocenters. The zero-order valence-electron chi connectivity index (χ0n) is 24.3. The van der Waals surface area contributed by atoms with Crippen LogP contribution in [-0.4, -0.2) is 46.3 Å². The molecule has 1 N–H and O–H groups in total. The van der Waals surface area contributed by atoms with E-state index in [0.717, 1.165) is 42.7 Å². The van der Waals surface area contributed by atoms with Crippen molar-refractivity contribution >= 4 is 11.7 Å². The van der Waals surface area contributed by atoms with E-state index >= 15 is 4.39 Å². The smallest absolute Gasteiger partial charge is 0.310 e. The first-order valence-electron chi connectivity index (χ1n) is 13.8. The van der Waals surface area contributed by atoms with E-state index in [2.05, 4.69) is 28.7 Å². The molecule has 2 aromatic heterocycles. The maximum atomic E-state index is 15.4. The molecule has 0 bridgehead atoms. The molecule has 1 aromatic carbocycles. The fourth-order valence-electron chi connectivity index (χ4n) is 4.83. The molecule has 1 aliphatic rings. The first-order chi connectivity index (χ1) is 18.8. The van der Waals surface area contributed by atoms with E-state index < -0.39 is 17.4 Å². The lowest BCUT2D eigenvalue weighted by atomic mass is 9.82. The van der Waals surface area contributed by atoms with Gasteiger partial charge in [-0.05, 0) is 57.6 Å². The Kier molecular flexibility index (Phi) is 8.78. The predicted molar refractivity (Wildman–Crippen MR) is 154 cm³/mol. The number of piperidine rings is 1. The minimum Gasteiger partial charge on any atom is -0.468 e. The molecule has 0 aliphatic carbocycles. The quantitative estimate of drug-likeness (QED) is 0.318. The van der Waals surface area contributed by atoms with Crippen LogP contribution in [0.2, 0.25) is 0 Å². The summed E-state index contributed by atoms with van der Waals surface area (Å²) in [5.41, 5.74) is 3.54. The third kappa shape index (κ3) is 7.36. The summed E-state index contributed by atoms with van der Waals surface area (Å²) >= 11 is 0. The van der Waals surface area contributed by atoms with E-state index in [1.54, 1.807) is 26.2 Å². The number of rotatable bonds is 9. The van der Waals surface area contributed by atoms with Crippen LogP contribution < -0.4 is 9.64 Å². The van der Waals surface area contributed by atoms with Crippen LogP contribution in [0.25, 0.3) is 11.1 Å². The first-order valence-corrected chi connectivity index (χ1v) is 13.8. The van der Waals surface area contributed by atoms with Crippen molar-refractivity contribution in [1.82, 2.24) is 9.97 Å². The molecule has 3 heterocycles. The Balaban J connectivity index is 1.69. The second-order valence-electron chi connectivity index (χ2n) is 12.1. The van der Waals surface area contributed by atoms with Crippen LogP contribution in [0.4, 0.5) is 10.1 Å². The monoisotopic (exact) mass is 549 g/mol. The molecule has 8 heteroatoms. The topological polar surface area (TPSA) is 84.8 Å². The van der Waals surface area contributed by atoms with E-state index in [1.165, 1.54) is 6.07 Å². The highest BCUT2D eigenvalue weighted by atomic mass is 19.1. The summed E-state index contributed by atoms with van der Waals surface area (Å²) in [6.07, 6.45) is 4.89. The number of pyridine rings is 2. The van der Waals surface area contributed by atoms with E-state index in [1.807, 2.05) is 44.2 Å². The number of hydrogen-bond acceptors (Lipinski definition) is 7. The number of carbonyl (C=O) groups is 1. The predicted octanol–water partition coefficient (Wildman–Crippen LogP) is 6.21. The van der Waals surface area contributed by atoms with Crippen molar-refractivity contribution in [2.75, 3.05) is 24.6 Å². The molecule has 1 saturated heterocycles. The van der Waals surface area contributed by atoms with Crippen molar-refractivity contribution in [2.24, 2.45) is 5.41 Å². The minimum absolute atomic E-state index is 0.0102. The summed E-state index contributed by atoms with van der Waals surface area (Å²) in [6.45, 7) is 12.9. The largest absolute Gasteiger partial charge is 0.468 e. The summed E-state index contributed by atoms with van der Waals surface area (Å²) in [5, 5.41) is 10.0. The molecular formula is C32H40FN3O4. The normalized spacial score (nSPS) is 15.9. The number of nitrogens with zero attached hydrogens (tertiary/aromatic N) is 3. The standard InChI is InChI=1S/C32H40FN3O4/c1-21-25(17-28(37)39-20-32(5,6)38)29(36-14-12-31(3,4)13-15-36)26(19-34-21)24-16-27(33)30(35-18-24)40-22(2)23-10-8-7-9-11-23/h7-11,16,18-19,22,38H,12-15,17,20H2,1-6H3/t22-/m1/s1. The molecule has 3 aromatic rings. The fraction of sp³-hybridized carbons (Fsp3) is 0.469. The highest BCUT2D eigenvalue weighted by Gasteiger charge is 2.30. The van der Waals surface area contributed by atoms with Gasteiger partial charge in [0.25, 0.3) is 5.88 Å². The van der Waals surface area contributed by atoms with Crippen LogP contribution in [0.1, 0.15) is 70.4 Å². The van der Waals surface area contributed by atoms with Crippen LogP contribution in [0.3, 0.4) is 0 Å². The van der Waals surface area contributed by atoms with E-state index in [0.29, 0.717) is 16.8 Å². The molecule has 40 heavy (non-hydrogen) atoms. The number of aliphatic hydroxyl groups is 1. The third-order valence-corrected chi connectivity index (χ3v) is 7.38. The Morgan fingerprint density at radius 3 is 2.45 bits per heavy atom. The van der Waals surface area contributed by atoms with Gasteiger partial charge in [-0.1, -0.05) is 44.2 Å². The Morgan fingerprint density at radius 2 is 1.82 bits per heavy atom. The van der Waals surface area contributed by atoms with Crippen LogP contribution >= 0.6 is 0 Å². The Bertz CT molecular complexity index is 1330. The Labute approximate surface area is 236 Å². The van der Waals surface area contributed by atoms with Crippen LogP contribution in [0.15, 0.2) is 48.8 Å². The number of aryl methyl sites for hydroxylation is 1. The lowest BCUT2D eigenvalue weighted by Gasteiger charge is -2.40. The fourth-order valence-corrected chi connectivity index (χ4v) is 4.83. The van der Waals surface area contributed by atoms with Crippen molar-refractivity contribution < 1.29 is 23.8 Å². The number of halogens is 1. The van der Waals surface area contributed by atoms with Crippen molar-refractivity contribution in [3.8, 4) is 17.0 Å². The highest BCUT2D eigenvalue weighted by molar-refractivity contribution is 5.85. The number of hydrogen-bond donors (Lipinski definition) is 1. The highest BCUT2D eigenvalue weighted by Crippen LogP contribution is 2.40. The molecule has 0 radical (unpaired) electrons. The zero-order chi connectivity index (χ0) is 29.1. The summed E-state index contributed by atoms with van der Waals surface area (Å²) < 4.78 is 26.6. The van der Waals surface area contributed by atoms with Crippen molar-refractivity contribution in [3.63, 3.8) is 0 Å². The third-order valence-electron chi connectivity index (χ3n) is 7.38. The number of esters is 1. The van der Waals surface area contributed by atoms with Gasteiger partial charge in [-0.3, -0.25) is 9.78 Å². The molecule has 1 aliphatic heterocycles. The average molecular weight is 550 g/mol. The Morgan fingerprint density at radius 1 is 1.15 bits per heavy atom. The minimum atomic E-state index is -1.13. The Hall–Kier alpha value is -3.52. The summed E-state index contributed by atoms with van der Waals surface area (Å²) in [5.74, 6) is -1.10. The van der Waals surface area contributed by atoms with Gasteiger partial charge in [0.05, 0.1) is 17.7 Å². The first kappa shape index (κ1) is 29.5. The summed E-state index contributed by atoms with van der Waals surface area (Å²) in [6, 6.07) is 11.0. The lowest BCUT2D eigenvalue weighted by molar-refractivity contribution is -0.149. The molecule has 4 rings (SSSR count). The van der Waals surface area contributed by atoms with Crippen LogP contribution in [-0.2, 0) is 16.0 Å². The number of aromatic nitrogens is 2. The van der Waals surface area contributed by atoms with Gasteiger partial charge in [0.2, 0.25) is 0 Å². The summed E-state index contributed by atoms with van der Waals surface area (Å²) in [7, 11) is 0. The van der Waals surface area contributed by atoms with Gasteiger partial charge < -0.3 is 19.5 Å². The van der Waals surface area contributed by atoms with Crippen molar-refractivity contribution in [3.05, 3.63) is 71.4 Å². The number of benzene rings is 1. The van der Waals surface area contributed by atoms with Gasteiger partial charge in [0.15, 0.2) is 5.82 Å². The van der Waals surface area contributed by atoms with Gasteiger partial charge in [-0.2, -0.15) is 0 Å². The molecular weight excluding hydrogens is 509 g/mol. The molecule has 214 valence electrons. The van der Waals surface area contributed by atoms with Gasteiger partial charge >= 0.3 is 5.97 Å². The van der Waals surface area contributed by atoms with Crippen LogP contribution in [0.5, 0.6) is 5.88 Å². The number of ether oxygens (including phenoxy) is 2. The van der Waals surface area contributed by atoms with Crippen molar-refractivity contribution in [2.45, 2.75) is 72.5 Å². The second kappa shape index (κ2) is 11.9. The summed E-state index contributed by atoms with van der Waals surface area (Å²) in [4.78, 5) is 24.0. The molecule has 1 atom stereocenters. The van der Waals surface area contributed by atoms with E-state index in [-0.39, 0.29) is 30.4 Å². The molecule has 1 fully saturated rings. The molecule has 0 spiro atoms. The second-order valence-corrected chi connectivity index (χ2v) is 12.1. The molecule has 0 amide bonds. The molecule has 0 saturated carbocycles. The zero-order valence-corrected chi connectivity index (χ0v) is 24.3.